The molecule has 2 N–H and O–H groups in total. The van der Waals surface area contributed by atoms with E-state index in [4.69, 9.17) is 0 Å². The maximum Gasteiger partial charge on any atom is 0.326 e. The molecule has 1 aliphatic carbocycles. The lowest BCUT2D eigenvalue weighted by molar-refractivity contribution is -0.127. The lowest BCUT2D eigenvalue weighted by Gasteiger charge is -2.24. The smallest absolute Gasteiger partial charge is 0.326 e. The fraction of sp³-hybridized carbons (Fsp3) is 0.429. The van der Waals surface area contributed by atoms with Crippen molar-refractivity contribution in [1.29, 1.82) is 0 Å². The molecular formula is C14H17N3O2. The molecule has 5 heteroatoms. The maximum absolute atomic E-state index is 11.8. The van der Waals surface area contributed by atoms with E-state index in [0.29, 0.717) is 13.1 Å². The van der Waals surface area contributed by atoms with Crippen molar-refractivity contribution in [3.8, 4) is 0 Å². The van der Waals surface area contributed by atoms with Crippen molar-refractivity contribution in [3.63, 3.8) is 0 Å². The third kappa shape index (κ3) is 2.28. The Morgan fingerprint density at radius 3 is 2.89 bits per heavy atom. The van der Waals surface area contributed by atoms with Gasteiger partial charge < -0.3 is 10.3 Å². The molecule has 3 rings (SSSR count). The topological polar surface area (TPSA) is 66.9 Å². The first-order valence-electron chi connectivity index (χ1n) is 6.71. The molecule has 0 bridgehead atoms. The van der Waals surface area contributed by atoms with Crippen LogP contribution in [0.5, 0.6) is 0 Å². The Morgan fingerprint density at radius 2 is 2.16 bits per heavy atom. The number of amides is 1. The summed E-state index contributed by atoms with van der Waals surface area (Å²) in [6.07, 6.45) is 3.15. The van der Waals surface area contributed by atoms with E-state index >= 15 is 0 Å². The standard InChI is InChI=1S/C14H17N3O2/c18-13(10-4-3-5-10)15-8-9-17-12-7-2-1-6-11(12)16-14(17)19/h1-2,6-7,10H,3-5,8-9H2,(H,15,18)(H,16,19). The normalized spacial score (nSPS) is 15.4. The zero-order valence-corrected chi connectivity index (χ0v) is 10.7. The highest BCUT2D eigenvalue weighted by molar-refractivity contribution is 5.79. The van der Waals surface area contributed by atoms with Crippen molar-refractivity contribution in [1.82, 2.24) is 14.9 Å². The summed E-state index contributed by atoms with van der Waals surface area (Å²) in [4.78, 5) is 26.3. The lowest BCUT2D eigenvalue weighted by Crippen LogP contribution is -2.37. The lowest BCUT2D eigenvalue weighted by atomic mass is 9.85. The number of hydrogen-bond acceptors (Lipinski definition) is 2. The van der Waals surface area contributed by atoms with E-state index in [0.717, 1.165) is 30.3 Å². The van der Waals surface area contributed by atoms with E-state index < -0.39 is 0 Å². The van der Waals surface area contributed by atoms with Gasteiger partial charge in [0.25, 0.3) is 0 Å². The summed E-state index contributed by atoms with van der Waals surface area (Å²) >= 11 is 0. The van der Waals surface area contributed by atoms with E-state index in [1.807, 2.05) is 24.3 Å². The van der Waals surface area contributed by atoms with Crippen molar-refractivity contribution in [2.75, 3.05) is 6.54 Å². The zero-order valence-electron chi connectivity index (χ0n) is 10.7. The van der Waals surface area contributed by atoms with E-state index in [1.54, 1.807) is 4.57 Å². The quantitative estimate of drug-likeness (QED) is 0.867. The van der Waals surface area contributed by atoms with Crippen LogP contribution in [0.3, 0.4) is 0 Å². The molecule has 1 amide bonds. The summed E-state index contributed by atoms with van der Waals surface area (Å²) in [5, 5.41) is 2.90. The van der Waals surface area contributed by atoms with Crippen molar-refractivity contribution in [3.05, 3.63) is 34.7 Å². The van der Waals surface area contributed by atoms with Gasteiger partial charge in [-0.25, -0.2) is 4.79 Å². The van der Waals surface area contributed by atoms with E-state index in [9.17, 15) is 9.59 Å². The number of nitrogens with one attached hydrogen (secondary N) is 2. The Hall–Kier alpha value is -2.04. The molecule has 0 saturated heterocycles. The first-order chi connectivity index (χ1) is 9.25. The van der Waals surface area contributed by atoms with Crippen LogP contribution < -0.4 is 11.0 Å². The molecule has 0 radical (unpaired) electrons. The first kappa shape index (κ1) is 12.0. The summed E-state index contributed by atoms with van der Waals surface area (Å²) in [6, 6.07) is 7.57. The molecule has 0 unspecified atom stereocenters. The highest BCUT2D eigenvalue weighted by Gasteiger charge is 2.24. The second kappa shape index (κ2) is 4.91. The minimum absolute atomic E-state index is 0.124. The fourth-order valence-corrected chi connectivity index (χ4v) is 2.43. The van der Waals surface area contributed by atoms with Crippen LogP contribution in [-0.4, -0.2) is 22.0 Å². The van der Waals surface area contributed by atoms with Gasteiger partial charge in [0.1, 0.15) is 0 Å². The van der Waals surface area contributed by atoms with Gasteiger partial charge in [-0.2, -0.15) is 0 Å². The molecule has 5 nitrogen and oxygen atoms in total. The van der Waals surface area contributed by atoms with E-state index in [-0.39, 0.29) is 17.5 Å². The molecule has 1 aliphatic rings. The van der Waals surface area contributed by atoms with Gasteiger partial charge in [0.15, 0.2) is 0 Å². The first-order valence-corrected chi connectivity index (χ1v) is 6.71. The van der Waals surface area contributed by atoms with Crippen molar-refractivity contribution < 1.29 is 4.79 Å². The number of imidazole rings is 1. The van der Waals surface area contributed by atoms with Crippen molar-refractivity contribution in [2.45, 2.75) is 25.8 Å². The molecule has 1 aromatic carbocycles. The fourth-order valence-electron chi connectivity index (χ4n) is 2.43. The van der Waals surface area contributed by atoms with Gasteiger partial charge in [-0.05, 0) is 25.0 Å². The average molecular weight is 259 g/mol. The molecule has 1 aromatic heterocycles. The molecule has 1 saturated carbocycles. The Balaban J connectivity index is 1.66. The summed E-state index contributed by atoms with van der Waals surface area (Å²) in [7, 11) is 0. The van der Waals surface area contributed by atoms with Crippen LogP contribution >= 0.6 is 0 Å². The number of rotatable bonds is 4. The molecule has 19 heavy (non-hydrogen) atoms. The molecule has 0 atom stereocenters. The summed E-state index contributed by atoms with van der Waals surface area (Å²) in [5.74, 6) is 0.318. The van der Waals surface area contributed by atoms with Gasteiger partial charge in [-0.15, -0.1) is 0 Å². The van der Waals surface area contributed by atoms with Crippen LogP contribution in [0.25, 0.3) is 11.0 Å². The SMILES string of the molecule is O=C(NCCn1c(=O)[nH]c2ccccc21)C1CCC1. The van der Waals surface area contributed by atoms with Gasteiger partial charge in [0.05, 0.1) is 11.0 Å². The number of carbonyl (C=O) groups excluding carboxylic acids is 1. The third-order valence-corrected chi connectivity index (χ3v) is 3.79. The number of nitrogens with zero attached hydrogens (tertiary/aromatic N) is 1. The molecule has 1 fully saturated rings. The Kier molecular flexibility index (Phi) is 3.11. The van der Waals surface area contributed by atoms with Gasteiger partial charge in [-0.3, -0.25) is 9.36 Å². The van der Waals surface area contributed by atoms with Crippen molar-refractivity contribution in [2.24, 2.45) is 5.92 Å². The molecular weight excluding hydrogens is 242 g/mol. The van der Waals surface area contributed by atoms with Crippen LogP contribution in [0.4, 0.5) is 0 Å². The van der Waals surface area contributed by atoms with Gasteiger partial charge in [-0.1, -0.05) is 18.6 Å². The number of aromatic nitrogens is 2. The number of aromatic amines is 1. The maximum atomic E-state index is 11.8. The van der Waals surface area contributed by atoms with Gasteiger partial charge in [0.2, 0.25) is 5.91 Å². The van der Waals surface area contributed by atoms with Crippen LogP contribution in [-0.2, 0) is 11.3 Å². The van der Waals surface area contributed by atoms with E-state index in [2.05, 4.69) is 10.3 Å². The number of fused-ring (bicyclic) bond motifs is 1. The predicted molar refractivity (Wildman–Crippen MR) is 72.9 cm³/mol. The van der Waals surface area contributed by atoms with Crippen LogP contribution in [0.15, 0.2) is 29.1 Å². The Labute approximate surface area is 110 Å². The largest absolute Gasteiger partial charge is 0.354 e. The summed E-state index contributed by atoms with van der Waals surface area (Å²) < 4.78 is 1.66. The number of H-pyrrole nitrogens is 1. The number of carbonyl (C=O) groups is 1. The summed E-state index contributed by atoms with van der Waals surface area (Å²) in [6.45, 7) is 0.998. The van der Waals surface area contributed by atoms with Crippen LogP contribution in [0.1, 0.15) is 19.3 Å². The Bertz CT molecular complexity index is 652. The Morgan fingerprint density at radius 1 is 1.37 bits per heavy atom. The van der Waals surface area contributed by atoms with Crippen LogP contribution in [0, 0.1) is 5.92 Å². The molecule has 0 spiro atoms. The van der Waals surface area contributed by atoms with E-state index in [1.165, 1.54) is 0 Å². The average Bonchev–Trinajstić information content (AvgIpc) is 2.64. The minimum atomic E-state index is -0.126. The number of benzene rings is 1. The molecule has 2 aromatic rings. The third-order valence-electron chi connectivity index (χ3n) is 3.79. The van der Waals surface area contributed by atoms with Crippen LogP contribution in [0.2, 0.25) is 0 Å². The highest BCUT2D eigenvalue weighted by atomic mass is 16.2. The molecule has 100 valence electrons. The predicted octanol–water partition coefficient (Wildman–Crippen LogP) is 1.25. The van der Waals surface area contributed by atoms with Gasteiger partial charge >= 0.3 is 5.69 Å². The summed E-state index contributed by atoms with van der Waals surface area (Å²) in [5.41, 5.74) is 1.59. The zero-order chi connectivity index (χ0) is 13.2. The molecule has 0 aliphatic heterocycles. The van der Waals surface area contributed by atoms with Crippen molar-refractivity contribution >= 4 is 16.9 Å². The second-order valence-electron chi connectivity index (χ2n) is 5.02. The molecule has 1 heterocycles. The minimum Gasteiger partial charge on any atom is -0.354 e. The number of hydrogen-bond donors (Lipinski definition) is 2. The number of para-hydroxylation sites is 2. The van der Waals surface area contributed by atoms with Gasteiger partial charge in [0, 0.05) is 19.0 Å². The second-order valence-corrected chi connectivity index (χ2v) is 5.02. The highest BCUT2D eigenvalue weighted by Crippen LogP contribution is 2.25. The monoisotopic (exact) mass is 259 g/mol.